The molecule has 1 aromatic carbocycles. The van der Waals surface area contributed by atoms with Crippen LogP contribution in [0.4, 0.5) is 0 Å². The molecule has 112 valence electrons. The van der Waals surface area contributed by atoms with E-state index in [2.05, 4.69) is 15.9 Å². The van der Waals surface area contributed by atoms with Crippen molar-refractivity contribution in [1.82, 2.24) is 4.90 Å². The van der Waals surface area contributed by atoms with Gasteiger partial charge in [-0.25, -0.2) is 4.79 Å². The molecular weight excluding hydrogens is 338 g/mol. The molecule has 5 nitrogen and oxygen atoms in total. The summed E-state index contributed by atoms with van der Waals surface area (Å²) in [5, 5.41) is 9.44. The van der Waals surface area contributed by atoms with Crippen molar-refractivity contribution in [2.45, 2.75) is 31.2 Å². The summed E-state index contributed by atoms with van der Waals surface area (Å²) in [6.45, 7) is 2.39. The summed E-state index contributed by atoms with van der Waals surface area (Å²) < 4.78 is 6.44. The third-order valence-electron chi connectivity index (χ3n) is 4.42. The Morgan fingerprint density at radius 1 is 1.48 bits per heavy atom. The molecular formula is C15H16BrNO4. The van der Waals surface area contributed by atoms with Gasteiger partial charge in [0.1, 0.15) is 23.8 Å². The lowest BCUT2D eigenvalue weighted by atomic mass is 9.95. The number of ether oxygens (including phenoxy) is 1. The second-order valence-electron chi connectivity index (χ2n) is 5.72. The molecule has 3 rings (SSSR count). The van der Waals surface area contributed by atoms with Crippen molar-refractivity contribution in [1.29, 1.82) is 0 Å². The minimum absolute atomic E-state index is 0.158. The number of benzene rings is 1. The van der Waals surface area contributed by atoms with Gasteiger partial charge in [0.2, 0.25) is 5.91 Å². The Hall–Kier alpha value is -1.56. The molecule has 1 N–H and O–H groups in total. The van der Waals surface area contributed by atoms with Crippen LogP contribution >= 0.6 is 15.9 Å². The Balaban J connectivity index is 1.91. The predicted molar refractivity (Wildman–Crippen MR) is 79.4 cm³/mol. The quantitative estimate of drug-likeness (QED) is 0.886. The minimum Gasteiger partial charge on any atom is -0.492 e. The maximum Gasteiger partial charge on any atom is 0.329 e. The van der Waals surface area contributed by atoms with E-state index in [0.717, 1.165) is 10.0 Å². The molecule has 1 fully saturated rings. The number of halogens is 1. The monoisotopic (exact) mass is 353 g/mol. The first-order valence-electron chi connectivity index (χ1n) is 6.90. The van der Waals surface area contributed by atoms with Crippen molar-refractivity contribution in [3.8, 4) is 5.75 Å². The second-order valence-corrected chi connectivity index (χ2v) is 6.63. The average Bonchev–Trinajstić information content (AvgIpc) is 3.02. The highest BCUT2D eigenvalue weighted by Gasteiger charge is 2.48. The van der Waals surface area contributed by atoms with Crippen LogP contribution in [0, 0.1) is 0 Å². The van der Waals surface area contributed by atoms with Gasteiger partial charge in [-0.1, -0.05) is 15.9 Å². The van der Waals surface area contributed by atoms with Crippen molar-refractivity contribution in [3.63, 3.8) is 0 Å². The summed E-state index contributed by atoms with van der Waals surface area (Å²) in [4.78, 5) is 25.8. The number of amides is 1. The molecule has 1 saturated heterocycles. The summed E-state index contributed by atoms with van der Waals surface area (Å²) >= 11 is 3.40. The first-order chi connectivity index (χ1) is 9.93. The van der Waals surface area contributed by atoms with Crippen molar-refractivity contribution >= 4 is 27.8 Å². The average molecular weight is 354 g/mol. The fourth-order valence-corrected chi connectivity index (χ4v) is 3.50. The molecule has 2 heterocycles. The topological polar surface area (TPSA) is 66.8 Å². The Morgan fingerprint density at radius 2 is 2.24 bits per heavy atom. The largest absolute Gasteiger partial charge is 0.492 e. The maximum atomic E-state index is 12.8. The van der Waals surface area contributed by atoms with E-state index in [1.807, 2.05) is 18.2 Å². The molecule has 2 aliphatic rings. The highest BCUT2D eigenvalue weighted by molar-refractivity contribution is 9.10. The van der Waals surface area contributed by atoms with Gasteiger partial charge >= 0.3 is 5.97 Å². The zero-order valence-electron chi connectivity index (χ0n) is 11.6. The van der Waals surface area contributed by atoms with E-state index in [9.17, 15) is 14.7 Å². The number of hydrogen-bond donors (Lipinski definition) is 1. The number of nitrogens with zero attached hydrogens (tertiary/aromatic N) is 1. The number of hydrogen-bond acceptors (Lipinski definition) is 3. The van der Waals surface area contributed by atoms with Crippen LogP contribution in [0.3, 0.4) is 0 Å². The molecule has 2 atom stereocenters. The Morgan fingerprint density at radius 3 is 2.95 bits per heavy atom. The summed E-state index contributed by atoms with van der Waals surface area (Å²) in [7, 11) is 0. The van der Waals surface area contributed by atoms with Crippen LogP contribution in [0.25, 0.3) is 0 Å². The van der Waals surface area contributed by atoms with Gasteiger partial charge in [0, 0.05) is 16.6 Å². The highest BCUT2D eigenvalue weighted by atomic mass is 79.9. The molecule has 0 spiro atoms. The van der Waals surface area contributed by atoms with Crippen LogP contribution in [-0.4, -0.2) is 40.6 Å². The lowest BCUT2D eigenvalue weighted by Crippen LogP contribution is -2.52. The van der Waals surface area contributed by atoms with Crippen LogP contribution in [0.5, 0.6) is 5.75 Å². The van der Waals surface area contributed by atoms with E-state index in [4.69, 9.17) is 4.74 Å². The minimum atomic E-state index is -1.11. The molecule has 0 bridgehead atoms. The second kappa shape index (κ2) is 5.02. The number of carbonyl (C=O) groups is 2. The molecule has 0 aliphatic carbocycles. The molecule has 2 aliphatic heterocycles. The van der Waals surface area contributed by atoms with Crippen LogP contribution in [0.15, 0.2) is 22.7 Å². The fraction of sp³-hybridized carbons (Fsp3) is 0.467. The third-order valence-corrected chi connectivity index (χ3v) is 4.91. The van der Waals surface area contributed by atoms with Gasteiger partial charge in [0.15, 0.2) is 0 Å². The first-order valence-corrected chi connectivity index (χ1v) is 7.70. The SMILES string of the molecule is CC1(C(=O)O)CCCN1C(=O)C1COc2ccc(Br)cc21. The molecule has 21 heavy (non-hydrogen) atoms. The van der Waals surface area contributed by atoms with Crippen molar-refractivity contribution in [3.05, 3.63) is 28.2 Å². The van der Waals surface area contributed by atoms with Crippen molar-refractivity contribution in [2.24, 2.45) is 0 Å². The van der Waals surface area contributed by atoms with E-state index in [0.29, 0.717) is 25.1 Å². The number of rotatable bonds is 2. The van der Waals surface area contributed by atoms with E-state index < -0.39 is 17.4 Å². The van der Waals surface area contributed by atoms with Crippen LogP contribution in [0.2, 0.25) is 0 Å². The highest BCUT2D eigenvalue weighted by Crippen LogP contribution is 2.39. The molecule has 0 saturated carbocycles. The molecule has 0 aromatic heterocycles. The lowest BCUT2D eigenvalue weighted by Gasteiger charge is -2.32. The normalized spacial score (nSPS) is 27.3. The van der Waals surface area contributed by atoms with Crippen molar-refractivity contribution in [2.75, 3.05) is 13.2 Å². The van der Waals surface area contributed by atoms with E-state index >= 15 is 0 Å². The lowest BCUT2D eigenvalue weighted by molar-refractivity contribution is -0.156. The van der Waals surface area contributed by atoms with Gasteiger partial charge in [-0.2, -0.15) is 0 Å². The number of carboxylic acids is 1. The predicted octanol–water partition coefficient (Wildman–Crippen LogP) is 2.39. The fourth-order valence-electron chi connectivity index (χ4n) is 3.12. The van der Waals surface area contributed by atoms with Gasteiger partial charge < -0.3 is 14.7 Å². The Labute approximate surface area is 131 Å². The number of carbonyl (C=O) groups excluding carboxylic acids is 1. The maximum absolute atomic E-state index is 12.8. The van der Waals surface area contributed by atoms with Crippen LogP contribution < -0.4 is 4.74 Å². The zero-order valence-corrected chi connectivity index (χ0v) is 13.2. The number of aliphatic carboxylic acids is 1. The Bertz CT molecular complexity index is 618. The zero-order chi connectivity index (χ0) is 15.2. The third kappa shape index (κ3) is 2.21. The molecule has 2 unspecified atom stereocenters. The molecule has 6 heteroatoms. The standard InChI is InChI=1S/C15H16BrNO4/c1-15(14(19)20)5-2-6-17(15)13(18)11-8-21-12-4-3-9(16)7-10(11)12/h3-4,7,11H,2,5-6,8H2,1H3,(H,19,20). The van der Waals surface area contributed by atoms with Gasteiger partial charge in [-0.05, 0) is 38.0 Å². The van der Waals surface area contributed by atoms with Gasteiger partial charge in [-0.15, -0.1) is 0 Å². The molecule has 0 radical (unpaired) electrons. The molecule has 1 amide bonds. The number of likely N-dealkylation sites (tertiary alicyclic amines) is 1. The smallest absolute Gasteiger partial charge is 0.329 e. The van der Waals surface area contributed by atoms with E-state index in [1.165, 1.54) is 4.90 Å². The molecule has 1 aromatic rings. The summed E-state index contributed by atoms with van der Waals surface area (Å²) in [5.74, 6) is -0.821. The van der Waals surface area contributed by atoms with Crippen LogP contribution in [0.1, 0.15) is 31.2 Å². The Kier molecular flexibility index (Phi) is 3.43. The van der Waals surface area contributed by atoms with Gasteiger partial charge in [0.25, 0.3) is 0 Å². The van der Waals surface area contributed by atoms with Crippen LogP contribution in [-0.2, 0) is 9.59 Å². The van der Waals surface area contributed by atoms with E-state index in [-0.39, 0.29) is 12.5 Å². The summed E-state index contributed by atoms with van der Waals surface area (Å²) in [6.07, 6.45) is 1.21. The summed E-state index contributed by atoms with van der Waals surface area (Å²) in [6, 6.07) is 5.56. The number of carboxylic acid groups (broad SMARTS) is 1. The van der Waals surface area contributed by atoms with Gasteiger partial charge in [-0.3, -0.25) is 4.79 Å². The first kappa shape index (κ1) is 14.4. The van der Waals surface area contributed by atoms with Gasteiger partial charge in [0.05, 0.1) is 0 Å². The number of fused-ring (bicyclic) bond motifs is 1. The van der Waals surface area contributed by atoms with Crippen molar-refractivity contribution < 1.29 is 19.4 Å². The van der Waals surface area contributed by atoms with E-state index in [1.54, 1.807) is 6.92 Å². The summed E-state index contributed by atoms with van der Waals surface area (Å²) in [5.41, 5.74) is -0.278.